The van der Waals surface area contributed by atoms with Crippen LogP contribution in [0.25, 0.3) is 0 Å². The maximum atomic E-state index is 13.1. The monoisotopic (exact) mass is 182 g/mol. The van der Waals surface area contributed by atoms with Gasteiger partial charge in [-0.25, -0.2) is 8.78 Å². The Hall–Kier alpha value is -1.12. The van der Waals surface area contributed by atoms with E-state index < -0.39 is 18.4 Å². The van der Waals surface area contributed by atoms with Gasteiger partial charge in [0.1, 0.15) is 11.9 Å². The number of benzene rings is 1. The second kappa shape index (κ2) is 2.22. The molecular weight excluding hydrogens is 174 g/mol. The van der Waals surface area contributed by atoms with Crippen molar-refractivity contribution >= 4 is 0 Å². The molecule has 0 aromatic heterocycles. The standard InChI is InChI=1S/C10H8F2O/c11-9-7-5-3-1-2-4-6(5)13-10(12)8(7)9/h1-4,7-10H. The van der Waals surface area contributed by atoms with Gasteiger partial charge in [-0.2, -0.15) is 0 Å². The Labute approximate surface area is 74.3 Å². The predicted molar refractivity (Wildman–Crippen MR) is 43.1 cm³/mol. The van der Waals surface area contributed by atoms with E-state index in [-0.39, 0.29) is 5.92 Å². The zero-order valence-corrected chi connectivity index (χ0v) is 6.78. The highest BCUT2D eigenvalue weighted by Crippen LogP contribution is 2.58. The van der Waals surface area contributed by atoms with Crippen molar-refractivity contribution < 1.29 is 13.5 Å². The van der Waals surface area contributed by atoms with E-state index in [9.17, 15) is 8.78 Å². The van der Waals surface area contributed by atoms with Gasteiger partial charge < -0.3 is 4.74 Å². The Bertz CT molecular complexity index is 353. The van der Waals surface area contributed by atoms with Crippen LogP contribution in [0.3, 0.4) is 0 Å². The summed E-state index contributed by atoms with van der Waals surface area (Å²) in [5.41, 5.74) is 0.814. The highest BCUT2D eigenvalue weighted by atomic mass is 19.2. The van der Waals surface area contributed by atoms with Gasteiger partial charge in [-0.1, -0.05) is 18.2 Å². The van der Waals surface area contributed by atoms with Crippen LogP contribution in [-0.2, 0) is 0 Å². The SMILES string of the molecule is FC1Oc2ccccc2C2C(F)C12. The van der Waals surface area contributed by atoms with Crippen molar-refractivity contribution in [2.75, 3.05) is 0 Å². The fourth-order valence-electron chi connectivity index (χ4n) is 2.05. The Morgan fingerprint density at radius 1 is 1.15 bits per heavy atom. The number of para-hydroxylation sites is 1. The van der Waals surface area contributed by atoms with E-state index in [4.69, 9.17) is 4.74 Å². The molecule has 0 amide bonds. The minimum absolute atomic E-state index is 0.264. The lowest BCUT2D eigenvalue weighted by Crippen LogP contribution is -2.18. The summed E-state index contributed by atoms with van der Waals surface area (Å²) in [5.74, 6) is -0.328. The Balaban J connectivity index is 2.09. The van der Waals surface area contributed by atoms with Crippen LogP contribution in [0.2, 0.25) is 0 Å². The van der Waals surface area contributed by atoms with Crippen LogP contribution in [0.15, 0.2) is 24.3 Å². The zero-order chi connectivity index (χ0) is 9.00. The molecule has 1 aliphatic heterocycles. The molecule has 0 radical (unpaired) electrons. The minimum Gasteiger partial charge on any atom is -0.460 e. The number of hydrogen-bond donors (Lipinski definition) is 0. The third kappa shape index (κ3) is 0.844. The van der Waals surface area contributed by atoms with Crippen LogP contribution < -0.4 is 4.74 Å². The first kappa shape index (κ1) is 7.30. The van der Waals surface area contributed by atoms with Gasteiger partial charge in [0.15, 0.2) is 0 Å². The normalized spacial score (nSPS) is 40.2. The summed E-state index contributed by atoms with van der Waals surface area (Å²) in [6, 6.07) is 7.08. The first-order valence-electron chi connectivity index (χ1n) is 4.33. The van der Waals surface area contributed by atoms with E-state index >= 15 is 0 Å². The van der Waals surface area contributed by atoms with E-state index in [1.807, 2.05) is 6.07 Å². The summed E-state index contributed by atoms with van der Waals surface area (Å²) in [6.07, 6.45) is -2.52. The minimum atomic E-state index is -1.46. The molecule has 1 aromatic carbocycles. The molecule has 1 nitrogen and oxygen atoms in total. The zero-order valence-electron chi connectivity index (χ0n) is 6.78. The molecule has 0 saturated heterocycles. The average Bonchev–Trinajstić information content (AvgIpc) is 2.79. The van der Waals surface area contributed by atoms with Gasteiger partial charge in [0, 0.05) is 11.5 Å². The smallest absolute Gasteiger partial charge is 0.244 e. The summed E-state index contributed by atoms with van der Waals surface area (Å²) < 4.78 is 31.1. The van der Waals surface area contributed by atoms with Crippen LogP contribution in [0.5, 0.6) is 5.75 Å². The summed E-state index contributed by atoms with van der Waals surface area (Å²) in [6.45, 7) is 0. The van der Waals surface area contributed by atoms with Crippen LogP contribution in [0, 0.1) is 5.92 Å². The van der Waals surface area contributed by atoms with Gasteiger partial charge in [0.05, 0.1) is 5.92 Å². The Morgan fingerprint density at radius 3 is 2.77 bits per heavy atom. The van der Waals surface area contributed by atoms with Gasteiger partial charge in [-0.15, -0.1) is 0 Å². The second-order valence-electron chi connectivity index (χ2n) is 3.55. The van der Waals surface area contributed by atoms with Crippen LogP contribution >= 0.6 is 0 Å². The molecule has 4 atom stereocenters. The molecule has 2 aliphatic rings. The largest absolute Gasteiger partial charge is 0.460 e. The maximum absolute atomic E-state index is 13.1. The first-order chi connectivity index (χ1) is 6.29. The lowest BCUT2D eigenvalue weighted by Gasteiger charge is -2.18. The second-order valence-corrected chi connectivity index (χ2v) is 3.55. The fourth-order valence-corrected chi connectivity index (χ4v) is 2.05. The molecule has 1 aromatic rings. The highest BCUT2D eigenvalue weighted by molar-refractivity contribution is 5.44. The first-order valence-corrected chi connectivity index (χ1v) is 4.33. The third-order valence-corrected chi connectivity index (χ3v) is 2.80. The summed E-state index contributed by atoms with van der Waals surface area (Å²) >= 11 is 0. The molecule has 13 heavy (non-hydrogen) atoms. The number of ether oxygens (including phenoxy) is 1. The van der Waals surface area contributed by atoms with Crippen LogP contribution in [-0.4, -0.2) is 12.5 Å². The quantitative estimate of drug-likeness (QED) is 0.598. The average molecular weight is 182 g/mol. The number of hydrogen-bond acceptors (Lipinski definition) is 1. The van der Waals surface area contributed by atoms with Gasteiger partial charge in [0.25, 0.3) is 0 Å². The highest BCUT2D eigenvalue weighted by Gasteiger charge is 2.61. The molecule has 0 bridgehead atoms. The topological polar surface area (TPSA) is 9.23 Å². The maximum Gasteiger partial charge on any atom is 0.244 e. The van der Waals surface area contributed by atoms with Gasteiger partial charge in [0.2, 0.25) is 6.36 Å². The molecule has 1 heterocycles. The van der Waals surface area contributed by atoms with Gasteiger partial charge in [-0.05, 0) is 6.07 Å². The molecule has 1 aliphatic carbocycles. The molecule has 1 saturated carbocycles. The predicted octanol–water partition coefficient (Wildman–Crippen LogP) is 2.43. The van der Waals surface area contributed by atoms with Crippen molar-refractivity contribution in [2.45, 2.75) is 18.4 Å². The molecule has 0 N–H and O–H groups in total. The van der Waals surface area contributed by atoms with Crippen molar-refractivity contribution in [3.8, 4) is 5.75 Å². The summed E-state index contributed by atoms with van der Waals surface area (Å²) in [4.78, 5) is 0. The lowest BCUT2D eigenvalue weighted by molar-refractivity contribution is 0.0305. The summed E-state index contributed by atoms with van der Waals surface area (Å²) in [7, 11) is 0. The van der Waals surface area contributed by atoms with Crippen molar-refractivity contribution in [1.82, 2.24) is 0 Å². The van der Waals surface area contributed by atoms with E-state index in [0.29, 0.717) is 5.75 Å². The van der Waals surface area contributed by atoms with Crippen molar-refractivity contribution in [3.63, 3.8) is 0 Å². The number of halogens is 2. The van der Waals surface area contributed by atoms with Gasteiger partial charge >= 0.3 is 0 Å². The fraction of sp³-hybridized carbons (Fsp3) is 0.400. The molecule has 68 valence electrons. The Morgan fingerprint density at radius 2 is 1.92 bits per heavy atom. The lowest BCUT2D eigenvalue weighted by atomic mass is 10.1. The third-order valence-electron chi connectivity index (χ3n) is 2.80. The molecule has 3 heteroatoms. The van der Waals surface area contributed by atoms with Crippen molar-refractivity contribution in [2.24, 2.45) is 5.92 Å². The molecule has 3 rings (SSSR count). The van der Waals surface area contributed by atoms with E-state index in [2.05, 4.69) is 0 Å². The van der Waals surface area contributed by atoms with E-state index in [1.165, 1.54) is 0 Å². The molecule has 0 spiro atoms. The number of alkyl halides is 2. The molecule has 1 fully saturated rings. The number of fused-ring (bicyclic) bond motifs is 3. The van der Waals surface area contributed by atoms with E-state index in [1.54, 1.807) is 18.2 Å². The number of rotatable bonds is 0. The van der Waals surface area contributed by atoms with Crippen molar-refractivity contribution in [1.29, 1.82) is 0 Å². The Kier molecular flexibility index (Phi) is 1.25. The van der Waals surface area contributed by atoms with Crippen LogP contribution in [0.1, 0.15) is 11.5 Å². The molecule has 4 unspecified atom stereocenters. The molecular formula is C10H8F2O. The van der Waals surface area contributed by atoms with Gasteiger partial charge in [-0.3, -0.25) is 0 Å². The summed E-state index contributed by atoms with van der Waals surface area (Å²) in [5, 5.41) is 0. The van der Waals surface area contributed by atoms with Crippen LogP contribution in [0.4, 0.5) is 8.78 Å². The van der Waals surface area contributed by atoms with E-state index in [0.717, 1.165) is 5.56 Å². The van der Waals surface area contributed by atoms with Crippen molar-refractivity contribution in [3.05, 3.63) is 29.8 Å².